The van der Waals surface area contributed by atoms with Crippen molar-refractivity contribution in [2.75, 3.05) is 18.8 Å². The van der Waals surface area contributed by atoms with Crippen LogP contribution >= 0.6 is 11.8 Å². The van der Waals surface area contributed by atoms with E-state index >= 15 is 0 Å². The zero-order chi connectivity index (χ0) is 16.8. The Morgan fingerprint density at radius 3 is 2.65 bits per heavy atom. The van der Waals surface area contributed by atoms with E-state index in [4.69, 9.17) is 5.11 Å². The van der Waals surface area contributed by atoms with Crippen molar-refractivity contribution in [2.45, 2.75) is 18.6 Å². The zero-order valence-corrected chi connectivity index (χ0v) is 13.3. The number of nitro groups is 1. The molecule has 0 spiro atoms. The van der Waals surface area contributed by atoms with E-state index in [1.807, 2.05) is 0 Å². The number of thioether (sulfide) groups is 1. The van der Waals surface area contributed by atoms with Gasteiger partial charge in [-0.1, -0.05) is 12.1 Å². The molecular weight excluding hydrogens is 320 g/mol. The molecule has 0 saturated carbocycles. The van der Waals surface area contributed by atoms with Crippen LogP contribution in [-0.4, -0.2) is 45.6 Å². The van der Waals surface area contributed by atoms with Crippen molar-refractivity contribution in [3.8, 4) is 0 Å². The highest BCUT2D eigenvalue weighted by atomic mass is 32.2. The largest absolute Gasteiger partial charge is 0.481 e. The summed E-state index contributed by atoms with van der Waals surface area (Å²) < 4.78 is 0. The number of carboxylic acid groups (broad SMARTS) is 1. The monoisotopic (exact) mass is 338 g/mol. The first kappa shape index (κ1) is 17.3. The molecule has 124 valence electrons. The number of carbonyl (C=O) groups is 2. The van der Waals surface area contributed by atoms with E-state index in [0.717, 1.165) is 12.0 Å². The van der Waals surface area contributed by atoms with Crippen molar-refractivity contribution in [2.24, 2.45) is 5.92 Å². The minimum Gasteiger partial charge on any atom is -0.481 e. The maximum absolute atomic E-state index is 12.1. The summed E-state index contributed by atoms with van der Waals surface area (Å²) in [7, 11) is 0. The third-order valence-electron chi connectivity index (χ3n) is 3.76. The first-order chi connectivity index (χ1) is 11.0. The molecule has 1 aliphatic heterocycles. The summed E-state index contributed by atoms with van der Waals surface area (Å²) in [6, 6.07) is 6.24. The number of rotatable bonds is 6. The Kier molecular flexibility index (Phi) is 5.97. The standard InChI is InChI=1S/C15H18N2O5S/c18-14(16-7-1-2-12(8-16)15(19)20)10-23-9-11-3-5-13(6-4-11)17(21)22/h3-6,12H,1-2,7-10H2,(H,19,20)/t12-/m0/s1. The molecule has 0 radical (unpaired) electrons. The van der Waals surface area contributed by atoms with Gasteiger partial charge >= 0.3 is 5.97 Å². The molecule has 1 heterocycles. The van der Waals surface area contributed by atoms with Gasteiger partial charge in [0.15, 0.2) is 0 Å². The van der Waals surface area contributed by atoms with Crippen molar-refractivity contribution < 1.29 is 19.6 Å². The second kappa shape index (κ2) is 7.96. The summed E-state index contributed by atoms with van der Waals surface area (Å²) in [4.78, 5) is 34.9. The third kappa shape index (κ3) is 4.95. The molecular formula is C15H18N2O5S. The van der Waals surface area contributed by atoms with Crippen LogP contribution in [0.15, 0.2) is 24.3 Å². The Morgan fingerprint density at radius 1 is 1.35 bits per heavy atom. The number of hydrogen-bond acceptors (Lipinski definition) is 5. The number of hydrogen-bond donors (Lipinski definition) is 1. The Labute approximate surface area is 137 Å². The van der Waals surface area contributed by atoms with Crippen LogP contribution in [0, 0.1) is 16.0 Å². The van der Waals surface area contributed by atoms with E-state index in [2.05, 4.69) is 0 Å². The minimum atomic E-state index is -0.846. The highest BCUT2D eigenvalue weighted by Crippen LogP contribution is 2.20. The van der Waals surface area contributed by atoms with E-state index in [0.29, 0.717) is 18.7 Å². The van der Waals surface area contributed by atoms with Crippen LogP contribution in [0.25, 0.3) is 0 Å². The summed E-state index contributed by atoms with van der Waals surface area (Å²) in [6.07, 6.45) is 1.34. The Morgan fingerprint density at radius 2 is 2.04 bits per heavy atom. The SMILES string of the molecule is O=C(O)[C@H]1CCCN(C(=O)CSCc2ccc([N+](=O)[O-])cc2)C1. The predicted octanol–water partition coefficient (Wildman–Crippen LogP) is 2.15. The molecule has 1 N–H and O–H groups in total. The fourth-order valence-electron chi connectivity index (χ4n) is 2.47. The molecule has 0 unspecified atom stereocenters. The number of nitrogens with zero attached hydrogens (tertiary/aromatic N) is 2. The summed E-state index contributed by atoms with van der Waals surface area (Å²) in [5.41, 5.74) is 0.957. The quantitative estimate of drug-likeness (QED) is 0.630. The molecule has 1 amide bonds. The summed E-state index contributed by atoms with van der Waals surface area (Å²) in [5.74, 6) is -0.500. The summed E-state index contributed by atoms with van der Waals surface area (Å²) >= 11 is 1.42. The lowest BCUT2D eigenvalue weighted by atomic mass is 9.98. The number of carboxylic acids is 1. The number of non-ortho nitro benzene ring substituents is 1. The molecule has 0 aromatic heterocycles. The predicted molar refractivity (Wildman–Crippen MR) is 86.2 cm³/mol. The summed E-state index contributed by atoms with van der Waals surface area (Å²) in [6.45, 7) is 0.896. The van der Waals surface area contributed by atoms with Crippen LogP contribution in [0.2, 0.25) is 0 Å². The highest BCUT2D eigenvalue weighted by molar-refractivity contribution is 7.99. The average Bonchev–Trinajstić information content (AvgIpc) is 2.55. The number of likely N-dealkylation sites (tertiary alicyclic amines) is 1. The van der Waals surface area contributed by atoms with Gasteiger partial charge in [-0.25, -0.2) is 0 Å². The molecule has 1 aromatic carbocycles. The van der Waals surface area contributed by atoms with Crippen LogP contribution < -0.4 is 0 Å². The van der Waals surface area contributed by atoms with Crippen LogP contribution in [-0.2, 0) is 15.3 Å². The fourth-order valence-corrected chi connectivity index (χ4v) is 3.35. The topological polar surface area (TPSA) is 101 Å². The number of carbonyl (C=O) groups excluding carboxylic acids is 1. The minimum absolute atomic E-state index is 0.0443. The van der Waals surface area contributed by atoms with Crippen molar-refractivity contribution in [3.05, 3.63) is 39.9 Å². The number of aliphatic carboxylic acids is 1. The molecule has 1 saturated heterocycles. The highest BCUT2D eigenvalue weighted by Gasteiger charge is 2.27. The lowest BCUT2D eigenvalue weighted by Gasteiger charge is -2.30. The average molecular weight is 338 g/mol. The van der Waals surface area contributed by atoms with Crippen molar-refractivity contribution in [3.63, 3.8) is 0 Å². The second-order valence-corrected chi connectivity index (χ2v) is 6.42. The normalized spacial score (nSPS) is 17.7. The van der Waals surface area contributed by atoms with E-state index in [1.165, 1.54) is 23.9 Å². The van der Waals surface area contributed by atoms with Gasteiger partial charge in [-0.05, 0) is 18.4 Å². The molecule has 0 aliphatic carbocycles. The van der Waals surface area contributed by atoms with E-state index < -0.39 is 16.8 Å². The molecule has 2 rings (SSSR count). The van der Waals surface area contributed by atoms with Gasteiger partial charge in [0.05, 0.1) is 16.6 Å². The maximum atomic E-state index is 12.1. The van der Waals surface area contributed by atoms with Crippen molar-refractivity contribution in [1.29, 1.82) is 0 Å². The molecule has 1 aromatic rings. The van der Waals surface area contributed by atoms with E-state index in [9.17, 15) is 19.7 Å². The molecule has 23 heavy (non-hydrogen) atoms. The van der Waals surface area contributed by atoms with Gasteiger partial charge in [0.2, 0.25) is 5.91 Å². The molecule has 0 bridgehead atoms. The number of nitro benzene ring substituents is 1. The third-order valence-corrected chi connectivity index (χ3v) is 4.75. The maximum Gasteiger partial charge on any atom is 0.308 e. The lowest BCUT2D eigenvalue weighted by Crippen LogP contribution is -2.43. The first-order valence-electron chi connectivity index (χ1n) is 7.29. The lowest BCUT2D eigenvalue weighted by molar-refractivity contribution is -0.384. The van der Waals surface area contributed by atoms with Crippen LogP contribution in [0.5, 0.6) is 0 Å². The van der Waals surface area contributed by atoms with Crippen molar-refractivity contribution >= 4 is 29.3 Å². The number of amides is 1. The Balaban J connectivity index is 1.78. The Hall–Kier alpha value is -2.09. The van der Waals surface area contributed by atoms with Crippen molar-refractivity contribution in [1.82, 2.24) is 4.90 Å². The van der Waals surface area contributed by atoms with E-state index in [-0.39, 0.29) is 23.9 Å². The fraction of sp³-hybridized carbons (Fsp3) is 0.467. The van der Waals surface area contributed by atoms with Gasteiger partial charge < -0.3 is 10.0 Å². The van der Waals surface area contributed by atoms with Gasteiger partial charge in [0.25, 0.3) is 5.69 Å². The molecule has 8 heteroatoms. The van der Waals surface area contributed by atoms with Gasteiger partial charge in [0.1, 0.15) is 0 Å². The van der Waals surface area contributed by atoms with Gasteiger partial charge in [-0.3, -0.25) is 19.7 Å². The first-order valence-corrected chi connectivity index (χ1v) is 8.44. The second-order valence-electron chi connectivity index (χ2n) is 5.43. The molecule has 1 aliphatic rings. The molecule has 7 nitrogen and oxygen atoms in total. The van der Waals surface area contributed by atoms with Crippen LogP contribution in [0.3, 0.4) is 0 Å². The van der Waals surface area contributed by atoms with Crippen LogP contribution in [0.4, 0.5) is 5.69 Å². The smallest absolute Gasteiger partial charge is 0.308 e. The van der Waals surface area contributed by atoms with Crippen LogP contribution in [0.1, 0.15) is 18.4 Å². The van der Waals surface area contributed by atoms with Gasteiger partial charge in [-0.15, -0.1) is 11.8 Å². The molecule has 1 fully saturated rings. The van der Waals surface area contributed by atoms with E-state index in [1.54, 1.807) is 17.0 Å². The number of benzene rings is 1. The summed E-state index contributed by atoms with van der Waals surface area (Å²) in [5, 5.41) is 19.6. The molecule has 1 atom stereocenters. The van der Waals surface area contributed by atoms with Gasteiger partial charge in [0, 0.05) is 31.0 Å². The van der Waals surface area contributed by atoms with Gasteiger partial charge in [-0.2, -0.15) is 0 Å². The zero-order valence-electron chi connectivity index (χ0n) is 12.5. The number of piperidine rings is 1. The Bertz CT molecular complexity index is 590.